The lowest BCUT2D eigenvalue weighted by atomic mass is 9.94. The SMILES string of the molecule is CCc1ccc(CN(CC2CNNC2c2ccc(OC)cc2)C(=O)NCc2ccc(C)cc2)cc1. The van der Waals surface area contributed by atoms with Gasteiger partial charge in [0.15, 0.2) is 0 Å². The number of carbonyl (C=O) groups excluding carboxylic acids is 1. The number of hydrazine groups is 1. The molecule has 184 valence electrons. The third-order valence-corrected chi connectivity index (χ3v) is 6.68. The van der Waals surface area contributed by atoms with E-state index in [0.29, 0.717) is 19.6 Å². The highest BCUT2D eigenvalue weighted by molar-refractivity contribution is 5.74. The number of carbonyl (C=O) groups is 1. The summed E-state index contributed by atoms with van der Waals surface area (Å²) in [7, 11) is 1.67. The fourth-order valence-electron chi connectivity index (χ4n) is 4.47. The van der Waals surface area contributed by atoms with Crippen molar-refractivity contribution in [2.24, 2.45) is 5.92 Å². The molecule has 3 aromatic carbocycles. The van der Waals surface area contributed by atoms with Gasteiger partial charge >= 0.3 is 6.03 Å². The molecule has 2 unspecified atom stereocenters. The largest absolute Gasteiger partial charge is 0.497 e. The van der Waals surface area contributed by atoms with Crippen molar-refractivity contribution < 1.29 is 9.53 Å². The average Bonchev–Trinajstić information content (AvgIpc) is 3.36. The van der Waals surface area contributed by atoms with Crippen LogP contribution in [0, 0.1) is 12.8 Å². The molecule has 2 amide bonds. The molecule has 3 N–H and O–H groups in total. The Balaban J connectivity index is 1.48. The zero-order valence-electron chi connectivity index (χ0n) is 20.9. The van der Waals surface area contributed by atoms with Crippen molar-refractivity contribution >= 4 is 6.03 Å². The van der Waals surface area contributed by atoms with Gasteiger partial charge in [0.25, 0.3) is 0 Å². The van der Waals surface area contributed by atoms with E-state index in [2.05, 4.69) is 90.7 Å². The standard InChI is InChI=1S/C29H36N4O2/c1-4-22-9-11-24(12-10-22)19-33(29(34)30-17-23-7-5-21(2)6-8-23)20-26-18-31-32-28(26)25-13-15-27(35-3)16-14-25/h5-16,26,28,31-32H,4,17-20H2,1-3H3,(H,30,34). The van der Waals surface area contributed by atoms with Gasteiger partial charge in [-0.2, -0.15) is 0 Å². The molecular formula is C29H36N4O2. The summed E-state index contributed by atoms with van der Waals surface area (Å²) in [6.45, 7) is 6.71. The van der Waals surface area contributed by atoms with Crippen LogP contribution in [0.2, 0.25) is 0 Å². The Hall–Kier alpha value is -3.35. The van der Waals surface area contributed by atoms with Crippen LogP contribution in [0.4, 0.5) is 4.79 Å². The van der Waals surface area contributed by atoms with Crippen molar-refractivity contribution in [3.05, 3.63) is 101 Å². The van der Waals surface area contributed by atoms with Crippen molar-refractivity contribution in [3.8, 4) is 5.75 Å². The Kier molecular flexibility index (Phi) is 8.40. The molecular weight excluding hydrogens is 436 g/mol. The molecule has 0 bridgehead atoms. The summed E-state index contributed by atoms with van der Waals surface area (Å²) in [5, 5.41) is 3.13. The van der Waals surface area contributed by atoms with Gasteiger partial charge in [-0.1, -0.05) is 73.2 Å². The third kappa shape index (κ3) is 6.62. The lowest BCUT2D eigenvalue weighted by Crippen LogP contribution is -2.43. The van der Waals surface area contributed by atoms with Crippen LogP contribution >= 0.6 is 0 Å². The smallest absolute Gasteiger partial charge is 0.317 e. The minimum absolute atomic E-state index is 0.0504. The number of hydrogen-bond acceptors (Lipinski definition) is 4. The normalized spacial score (nSPS) is 17.2. The first-order chi connectivity index (χ1) is 17.1. The predicted octanol–water partition coefficient (Wildman–Crippen LogP) is 4.74. The molecule has 2 atom stereocenters. The van der Waals surface area contributed by atoms with Crippen LogP contribution in [0.1, 0.15) is 40.8 Å². The molecule has 1 saturated heterocycles. The molecule has 1 fully saturated rings. The number of rotatable bonds is 9. The number of urea groups is 1. The first kappa shape index (κ1) is 24.8. The second-order valence-electron chi connectivity index (χ2n) is 9.23. The van der Waals surface area contributed by atoms with Crippen LogP contribution in [0.15, 0.2) is 72.8 Å². The highest BCUT2D eigenvalue weighted by Gasteiger charge is 2.31. The number of ether oxygens (including phenoxy) is 1. The van der Waals surface area contributed by atoms with Gasteiger partial charge in [0, 0.05) is 32.1 Å². The maximum atomic E-state index is 13.4. The van der Waals surface area contributed by atoms with Crippen LogP contribution in [-0.4, -0.2) is 31.1 Å². The molecule has 0 saturated carbocycles. The highest BCUT2D eigenvalue weighted by Crippen LogP contribution is 2.28. The minimum Gasteiger partial charge on any atom is -0.497 e. The maximum absolute atomic E-state index is 13.4. The molecule has 0 aliphatic carbocycles. The first-order valence-electron chi connectivity index (χ1n) is 12.3. The molecule has 6 nitrogen and oxygen atoms in total. The van der Waals surface area contributed by atoms with Gasteiger partial charge in [-0.3, -0.25) is 5.43 Å². The molecule has 35 heavy (non-hydrogen) atoms. The van der Waals surface area contributed by atoms with Gasteiger partial charge in [0.2, 0.25) is 0 Å². The fraction of sp³-hybridized carbons (Fsp3) is 0.345. The van der Waals surface area contributed by atoms with E-state index in [1.54, 1.807) is 7.11 Å². The summed E-state index contributed by atoms with van der Waals surface area (Å²) >= 11 is 0. The van der Waals surface area contributed by atoms with Gasteiger partial charge in [-0.05, 0) is 47.7 Å². The highest BCUT2D eigenvalue weighted by atomic mass is 16.5. The lowest BCUT2D eigenvalue weighted by Gasteiger charge is -2.29. The second kappa shape index (κ2) is 11.9. The van der Waals surface area contributed by atoms with E-state index < -0.39 is 0 Å². The average molecular weight is 473 g/mol. The minimum atomic E-state index is -0.0504. The van der Waals surface area contributed by atoms with E-state index in [1.165, 1.54) is 16.7 Å². The summed E-state index contributed by atoms with van der Waals surface area (Å²) in [5.41, 5.74) is 12.6. The number of hydrogen-bond donors (Lipinski definition) is 3. The number of nitrogens with zero attached hydrogens (tertiary/aromatic N) is 1. The van der Waals surface area contributed by atoms with Gasteiger partial charge in [0.1, 0.15) is 5.75 Å². The zero-order valence-corrected chi connectivity index (χ0v) is 20.9. The van der Waals surface area contributed by atoms with Crippen LogP contribution in [-0.2, 0) is 19.5 Å². The van der Waals surface area contributed by atoms with Crippen LogP contribution in [0.5, 0.6) is 5.75 Å². The number of aryl methyl sites for hydroxylation is 2. The second-order valence-corrected chi connectivity index (χ2v) is 9.23. The summed E-state index contributed by atoms with van der Waals surface area (Å²) in [5.74, 6) is 1.06. The quantitative estimate of drug-likeness (QED) is 0.421. The van der Waals surface area contributed by atoms with Crippen molar-refractivity contribution in [1.82, 2.24) is 21.1 Å². The Bertz CT molecular complexity index is 1080. The molecule has 1 aliphatic heterocycles. The van der Waals surface area contributed by atoms with Crippen molar-refractivity contribution in [1.29, 1.82) is 0 Å². The number of methoxy groups -OCH3 is 1. The number of amides is 2. The van der Waals surface area contributed by atoms with Crippen LogP contribution < -0.4 is 20.9 Å². The maximum Gasteiger partial charge on any atom is 0.317 e. The molecule has 6 heteroatoms. The first-order valence-corrected chi connectivity index (χ1v) is 12.3. The van der Waals surface area contributed by atoms with E-state index in [9.17, 15) is 4.79 Å². The van der Waals surface area contributed by atoms with E-state index in [1.807, 2.05) is 17.0 Å². The monoisotopic (exact) mass is 472 g/mol. The Morgan fingerprint density at radius 3 is 2.29 bits per heavy atom. The van der Waals surface area contributed by atoms with Crippen molar-refractivity contribution in [2.45, 2.75) is 39.4 Å². The Morgan fingerprint density at radius 2 is 1.63 bits per heavy atom. The molecule has 1 heterocycles. The summed E-state index contributed by atoms with van der Waals surface area (Å²) in [6, 6.07) is 25.0. The van der Waals surface area contributed by atoms with Gasteiger partial charge < -0.3 is 15.0 Å². The predicted molar refractivity (Wildman–Crippen MR) is 140 cm³/mol. The summed E-state index contributed by atoms with van der Waals surface area (Å²) < 4.78 is 5.31. The van der Waals surface area contributed by atoms with Crippen molar-refractivity contribution in [3.63, 3.8) is 0 Å². The Labute approximate surface area is 208 Å². The van der Waals surface area contributed by atoms with Gasteiger partial charge in [-0.15, -0.1) is 0 Å². The van der Waals surface area contributed by atoms with E-state index >= 15 is 0 Å². The number of benzene rings is 3. The van der Waals surface area contributed by atoms with Crippen LogP contribution in [0.25, 0.3) is 0 Å². The fourth-order valence-corrected chi connectivity index (χ4v) is 4.47. The molecule has 3 aromatic rings. The van der Waals surface area contributed by atoms with E-state index in [0.717, 1.165) is 29.8 Å². The molecule has 0 spiro atoms. The Morgan fingerprint density at radius 1 is 0.971 bits per heavy atom. The molecule has 4 rings (SSSR count). The zero-order chi connectivity index (χ0) is 24.6. The van der Waals surface area contributed by atoms with Crippen LogP contribution in [0.3, 0.4) is 0 Å². The summed E-state index contributed by atoms with van der Waals surface area (Å²) in [4.78, 5) is 15.3. The molecule has 0 aromatic heterocycles. The number of nitrogens with one attached hydrogen (secondary N) is 3. The molecule has 0 radical (unpaired) electrons. The van der Waals surface area contributed by atoms with E-state index in [-0.39, 0.29) is 18.0 Å². The topological polar surface area (TPSA) is 65.6 Å². The molecule has 1 aliphatic rings. The van der Waals surface area contributed by atoms with Crippen molar-refractivity contribution in [2.75, 3.05) is 20.2 Å². The summed E-state index contributed by atoms with van der Waals surface area (Å²) in [6.07, 6.45) is 1.00. The van der Waals surface area contributed by atoms with Gasteiger partial charge in [0.05, 0.1) is 13.2 Å². The van der Waals surface area contributed by atoms with E-state index in [4.69, 9.17) is 4.74 Å². The third-order valence-electron chi connectivity index (χ3n) is 6.68. The lowest BCUT2D eigenvalue weighted by molar-refractivity contribution is 0.182. The van der Waals surface area contributed by atoms with Gasteiger partial charge in [-0.25, -0.2) is 10.2 Å².